The number of nitrogens with zero attached hydrogens (tertiary/aromatic N) is 3. The summed E-state index contributed by atoms with van der Waals surface area (Å²) in [6.45, 7) is 1.85. The molecule has 0 spiro atoms. The maximum Gasteiger partial charge on any atom is 0.256 e. The molecule has 0 aliphatic heterocycles. The van der Waals surface area contributed by atoms with Gasteiger partial charge in [0.15, 0.2) is 17.3 Å². The standard InChI is InChI=1S/C20H18N4O4S/c1-12-9-18(22-19(25)13-6-7-16(26-2)17(10-13)27-3)24(23-12)20-21-14(11-29-20)15-5-4-8-28-15/h4-11H,1-3H3,(H,22,25). The van der Waals surface area contributed by atoms with Crippen LogP contribution in [0.1, 0.15) is 16.1 Å². The Morgan fingerprint density at radius 3 is 2.72 bits per heavy atom. The van der Waals surface area contributed by atoms with Crippen LogP contribution in [0.5, 0.6) is 11.5 Å². The molecule has 0 atom stereocenters. The van der Waals surface area contributed by atoms with Crippen LogP contribution in [0.4, 0.5) is 5.82 Å². The molecule has 0 radical (unpaired) electrons. The Hall–Kier alpha value is -3.59. The second-order valence-electron chi connectivity index (χ2n) is 6.10. The molecule has 0 unspecified atom stereocenters. The van der Waals surface area contributed by atoms with Crippen LogP contribution in [-0.4, -0.2) is 34.9 Å². The second kappa shape index (κ2) is 7.80. The number of methoxy groups -OCH3 is 2. The molecule has 0 fully saturated rings. The molecule has 1 amide bonds. The summed E-state index contributed by atoms with van der Waals surface area (Å²) in [5.41, 5.74) is 1.89. The van der Waals surface area contributed by atoms with Gasteiger partial charge in [-0.3, -0.25) is 4.79 Å². The first-order chi connectivity index (χ1) is 14.1. The summed E-state index contributed by atoms with van der Waals surface area (Å²) < 4.78 is 17.5. The van der Waals surface area contributed by atoms with E-state index in [0.29, 0.717) is 39.5 Å². The number of rotatable bonds is 6. The molecule has 0 bridgehead atoms. The molecular weight excluding hydrogens is 392 g/mol. The van der Waals surface area contributed by atoms with E-state index >= 15 is 0 Å². The summed E-state index contributed by atoms with van der Waals surface area (Å²) in [6.07, 6.45) is 1.60. The first-order valence-corrected chi connectivity index (χ1v) is 9.57. The van der Waals surface area contributed by atoms with E-state index in [2.05, 4.69) is 15.4 Å². The minimum Gasteiger partial charge on any atom is -0.493 e. The van der Waals surface area contributed by atoms with Crippen molar-refractivity contribution in [1.82, 2.24) is 14.8 Å². The highest BCUT2D eigenvalue weighted by molar-refractivity contribution is 7.12. The van der Waals surface area contributed by atoms with E-state index in [0.717, 1.165) is 5.69 Å². The molecule has 3 aromatic heterocycles. The third-order valence-corrected chi connectivity index (χ3v) is 4.98. The molecule has 148 valence electrons. The number of aryl methyl sites for hydroxylation is 1. The summed E-state index contributed by atoms with van der Waals surface area (Å²) in [4.78, 5) is 17.4. The third kappa shape index (κ3) is 3.72. The zero-order valence-corrected chi connectivity index (χ0v) is 16.8. The number of furan rings is 1. The summed E-state index contributed by atoms with van der Waals surface area (Å²) in [5, 5.41) is 9.84. The van der Waals surface area contributed by atoms with E-state index in [1.165, 1.54) is 18.4 Å². The van der Waals surface area contributed by atoms with E-state index in [4.69, 9.17) is 13.9 Å². The van der Waals surface area contributed by atoms with Crippen molar-refractivity contribution in [3.05, 3.63) is 59.3 Å². The Labute approximate surface area is 170 Å². The highest BCUT2D eigenvalue weighted by Gasteiger charge is 2.17. The molecule has 4 aromatic rings. The predicted octanol–water partition coefficient (Wildman–Crippen LogP) is 4.17. The van der Waals surface area contributed by atoms with Crippen molar-refractivity contribution >= 4 is 23.1 Å². The second-order valence-corrected chi connectivity index (χ2v) is 6.94. The fourth-order valence-corrected chi connectivity index (χ4v) is 3.58. The van der Waals surface area contributed by atoms with Gasteiger partial charge in [-0.1, -0.05) is 0 Å². The number of nitrogens with one attached hydrogen (secondary N) is 1. The van der Waals surface area contributed by atoms with Gasteiger partial charge >= 0.3 is 0 Å². The quantitative estimate of drug-likeness (QED) is 0.513. The molecular formula is C20H18N4O4S. The monoisotopic (exact) mass is 410 g/mol. The molecule has 1 aromatic carbocycles. The number of hydrogen-bond acceptors (Lipinski definition) is 7. The van der Waals surface area contributed by atoms with Crippen molar-refractivity contribution < 1.29 is 18.7 Å². The van der Waals surface area contributed by atoms with Crippen molar-refractivity contribution in [3.63, 3.8) is 0 Å². The van der Waals surface area contributed by atoms with Crippen molar-refractivity contribution in [2.75, 3.05) is 19.5 Å². The Kier molecular flexibility index (Phi) is 5.05. The molecule has 29 heavy (non-hydrogen) atoms. The smallest absolute Gasteiger partial charge is 0.256 e. The summed E-state index contributed by atoms with van der Waals surface area (Å²) in [6, 6.07) is 10.4. The van der Waals surface area contributed by atoms with E-state index in [1.54, 1.807) is 48.4 Å². The average molecular weight is 410 g/mol. The normalized spacial score (nSPS) is 10.7. The molecule has 8 nitrogen and oxygen atoms in total. The largest absolute Gasteiger partial charge is 0.493 e. The molecule has 0 aliphatic rings. The van der Waals surface area contributed by atoms with E-state index in [9.17, 15) is 4.79 Å². The number of hydrogen-bond donors (Lipinski definition) is 1. The fraction of sp³-hybridized carbons (Fsp3) is 0.150. The van der Waals surface area contributed by atoms with Gasteiger partial charge in [-0.05, 0) is 37.3 Å². The maximum atomic E-state index is 12.8. The SMILES string of the molecule is COc1ccc(C(=O)Nc2cc(C)nn2-c2nc(-c3ccco3)cs2)cc1OC. The van der Waals surface area contributed by atoms with Gasteiger partial charge < -0.3 is 19.2 Å². The van der Waals surface area contributed by atoms with Crippen LogP contribution in [0.15, 0.2) is 52.5 Å². The lowest BCUT2D eigenvalue weighted by Gasteiger charge is -2.10. The van der Waals surface area contributed by atoms with Crippen LogP contribution in [0.2, 0.25) is 0 Å². The van der Waals surface area contributed by atoms with Gasteiger partial charge in [0.25, 0.3) is 5.91 Å². The first-order valence-electron chi connectivity index (χ1n) is 8.69. The van der Waals surface area contributed by atoms with Crippen LogP contribution in [0, 0.1) is 6.92 Å². The lowest BCUT2D eigenvalue weighted by Crippen LogP contribution is -2.15. The number of anilines is 1. The summed E-state index contributed by atoms with van der Waals surface area (Å²) in [5.74, 6) is 1.93. The number of amides is 1. The van der Waals surface area contributed by atoms with E-state index in [1.807, 2.05) is 18.4 Å². The van der Waals surface area contributed by atoms with Gasteiger partial charge in [0.2, 0.25) is 5.13 Å². The Balaban J connectivity index is 1.61. The number of carbonyl (C=O) groups is 1. The zero-order valence-electron chi connectivity index (χ0n) is 16.0. The number of benzene rings is 1. The molecule has 0 saturated heterocycles. The zero-order chi connectivity index (χ0) is 20.4. The topological polar surface area (TPSA) is 91.4 Å². The minimum absolute atomic E-state index is 0.296. The van der Waals surface area contributed by atoms with E-state index in [-0.39, 0.29) is 5.91 Å². The Morgan fingerprint density at radius 1 is 1.17 bits per heavy atom. The van der Waals surface area contributed by atoms with Gasteiger partial charge in [-0.25, -0.2) is 4.98 Å². The summed E-state index contributed by atoms with van der Waals surface area (Å²) >= 11 is 1.40. The maximum absolute atomic E-state index is 12.8. The predicted molar refractivity (Wildman–Crippen MR) is 109 cm³/mol. The van der Waals surface area contributed by atoms with Gasteiger partial charge in [0, 0.05) is 17.0 Å². The molecule has 3 heterocycles. The van der Waals surface area contributed by atoms with Gasteiger partial charge in [-0.2, -0.15) is 9.78 Å². The molecule has 0 aliphatic carbocycles. The fourth-order valence-electron chi connectivity index (χ4n) is 2.80. The van der Waals surface area contributed by atoms with Crippen molar-refractivity contribution in [2.24, 2.45) is 0 Å². The number of ether oxygens (including phenoxy) is 2. The van der Waals surface area contributed by atoms with Crippen LogP contribution in [0.25, 0.3) is 16.6 Å². The molecule has 9 heteroatoms. The minimum atomic E-state index is -0.296. The van der Waals surface area contributed by atoms with Gasteiger partial charge in [0.05, 0.1) is 26.2 Å². The summed E-state index contributed by atoms with van der Waals surface area (Å²) in [7, 11) is 3.07. The molecule has 1 N–H and O–H groups in total. The van der Waals surface area contributed by atoms with Gasteiger partial charge in [-0.15, -0.1) is 11.3 Å². The Bertz CT molecular complexity index is 1150. The number of carbonyl (C=O) groups excluding carboxylic acids is 1. The lowest BCUT2D eigenvalue weighted by atomic mass is 10.2. The van der Waals surface area contributed by atoms with E-state index < -0.39 is 0 Å². The number of thiazole rings is 1. The number of aromatic nitrogens is 3. The average Bonchev–Trinajstić information content (AvgIpc) is 3.47. The van der Waals surface area contributed by atoms with Crippen LogP contribution < -0.4 is 14.8 Å². The first kappa shape index (κ1) is 18.8. The van der Waals surface area contributed by atoms with Crippen molar-refractivity contribution in [3.8, 4) is 28.1 Å². The highest BCUT2D eigenvalue weighted by atomic mass is 32.1. The van der Waals surface area contributed by atoms with Crippen LogP contribution >= 0.6 is 11.3 Å². The van der Waals surface area contributed by atoms with Crippen molar-refractivity contribution in [1.29, 1.82) is 0 Å². The molecule has 4 rings (SSSR count). The van der Waals surface area contributed by atoms with Crippen LogP contribution in [0.3, 0.4) is 0 Å². The highest BCUT2D eigenvalue weighted by Crippen LogP contribution is 2.29. The Morgan fingerprint density at radius 2 is 2.00 bits per heavy atom. The van der Waals surface area contributed by atoms with Gasteiger partial charge in [0.1, 0.15) is 11.5 Å². The van der Waals surface area contributed by atoms with Crippen LogP contribution in [-0.2, 0) is 0 Å². The van der Waals surface area contributed by atoms with Crippen molar-refractivity contribution in [2.45, 2.75) is 6.92 Å². The third-order valence-electron chi connectivity index (χ3n) is 4.17. The molecule has 0 saturated carbocycles. The lowest BCUT2D eigenvalue weighted by molar-refractivity contribution is 0.102.